The number of carbonyl (C=O) groups is 1. The van der Waals surface area contributed by atoms with Gasteiger partial charge < -0.3 is 10.8 Å². The summed E-state index contributed by atoms with van der Waals surface area (Å²) in [6.45, 7) is -0.153. The Hall–Kier alpha value is -0.540. The second kappa shape index (κ2) is 6.03. The molecular formula is C4H9NO6S. The maximum atomic E-state index is 10.1. The molecule has 0 aromatic rings. The Bertz CT molecular complexity index is 173. The summed E-state index contributed by atoms with van der Waals surface area (Å²) in [5.74, 6) is -1.16. The molecule has 12 heavy (non-hydrogen) atoms. The van der Waals surface area contributed by atoms with Gasteiger partial charge in [-0.05, 0) is 6.42 Å². The van der Waals surface area contributed by atoms with Crippen molar-refractivity contribution in [1.82, 2.24) is 0 Å². The zero-order valence-electron chi connectivity index (χ0n) is 6.00. The van der Waals surface area contributed by atoms with E-state index in [-0.39, 0.29) is 13.0 Å². The summed E-state index contributed by atoms with van der Waals surface area (Å²) in [5, 5.41) is 8.26. The van der Waals surface area contributed by atoms with E-state index in [1.807, 2.05) is 0 Å². The van der Waals surface area contributed by atoms with Crippen molar-refractivity contribution in [2.75, 3.05) is 6.61 Å². The average Bonchev–Trinajstić information content (AvgIpc) is 1.97. The lowest BCUT2D eigenvalue weighted by atomic mass is 10.2. The molecule has 0 fully saturated rings. The lowest BCUT2D eigenvalue weighted by Gasteiger charge is -2.03. The summed E-state index contributed by atoms with van der Waals surface area (Å²) < 4.78 is 21.5. The molecule has 2 atom stereocenters. The largest absolute Gasteiger partial charge is 0.480 e. The van der Waals surface area contributed by atoms with Crippen LogP contribution < -0.4 is 5.73 Å². The van der Waals surface area contributed by atoms with E-state index in [1.165, 1.54) is 0 Å². The van der Waals surface area contributed by atoms with E-state index in [2.05, 4.69) is 9.22 Å². The molecule has 0 spiro atoms. The summed E-state index contributed by atoms with van der Waals surface area (Å²) in [5.41, 5.74) is 5.06. The fraction of sp³-hybridized carbons (Fsp3) is 0.750. The van der Waals surface area contributed by atoms with Crippen molar-refractivity contribution in [2.24, 2.45) is 5.73 Å². The van der Waals surface area contributed by atoms with E-state index < -0.39 is 23.4 Å². The van der Waals surface area contributed by atoms with E-state index in [0.29, 0.717) is 0 Å². The van der Waals surface area contributed by atoms with Gasteiger partial charge in [0.15, 0.2) is 0 Å². The van der Waals surface area contributed by atoms with Crippen LogP contribution in [-0.2, 0) is 25.4 Å². The van der Waals surface area contributed by atoms with Crippen molar-refractivity contribution in [3.63, 3.8) is 0 Å². The number of hydrogen-bond acceptors (Lipinski definition) is 5. The van der Waals surface area contributed by atoms with Crippen LogP contribution in [0.25, 0.3) is 0 Å². The zero-order chi connectivity index (χ0) is 9.56. The maximum Gasteiger partial charge on any atom is 0.330 e. The van der Waals surface area contributed by atoms with Gasteiger partial charge in [-0.3, -0.25) is 9.35 Å². The molecule has 4 N–H and O–H groups in total. The van der Waals surface area contributed by atoms with E-state index in [0.717, 1.165) is 0 Å². The topological polar surface area (TPSA) is 119 Å². The molecule has 0 bridgehead atoms. The predicted molar refractivity (Wildman–Crippen MR) is 38.0 cm³/mol. The van der Waals surface area contributed by atoms with Crippen molar-refractivity contribution in [2.45, 2.75) is 12.5 Å². The molecule has 0 aliphatic carbocycles. The van der Waals surface area contributed by atoms with Crippen LogP contribution in [0, 0.1) is 0 Å². The molecule has 0 rings (SSSR count). The summed E-state index contributed by atoms with van der Waals surface area (Å²) in [7, 11) is 0. The minimum absolute atomic E-state index is 0.00648. The molecule has 2 unspecified atom stereocenters. The van der Waals surface area contributed by atoms with Gasteiger partial charge in [0, 0.05) is 0 Å². The Morgan fingerprint density at radius 3 is 2.67 bits per heavy atom. The highest BCUT2D eigenvalue weighted by molar-refractivity contribution is 7.74. The molecule has 0 amide bonds. The van der Waals surface area contributed by atoms with Gasteiger partial charge in [0.25, 0.3) is 0 Å². The summed E-state index contributed by atoms with van der Waals surface area (Å²) in [6, 6.07) is -1.05. The second-order valence-electron chi connectivity index (χ2n) is 1.84. The van der Waals surface area contributed by atoms with Gasteiger partial charge in [-0.2, -0.15) is 4.21 Å². The molecule has 0 aliphatic rings. The van der Waals surface area contributed by atoms with Gasteiger partial charge in [-0.25, -0.2) is 4.89 Å². The molecule has 8 heteroatoms. The average molecular weight is 199 g/mol. The fourth-order valence-corrected chi connectivity index (χ4v) is 0.524. The lowest BCUT2D eigenvalue weighted by Crippen LogP contribution is -2.31. The van der Waals surface area contributed by atoms with E-state index in [9.17, 15) is 9.00 Å². The van der Waals surface area contributed by atoms with Gasteiger partial charge in [0.2, 0.25) is 0 Å². The van der Waals surface area contributed by atoms with Gasteiger partial charge in [0.05, 0.1) is 6.61 Å². The van der Waals surface area contributed by atoms with Crippen LogP contribution in [0.4, 0.5) is 0 Å². The first-order valence-corrected chi connectivity index (χ1v) is 3.96. The maximum absolute atomic E-state index is 10.1. The number of aliphatic carboxylic acids is 1. The summed E-state index contributed by atoms with van der Waals surface area (Å²) in [4.78, 5) is 14.2. The smallest absolute Gasteiger partial charge is 0.330 e. The van der Waals surface area contributed by atoms with E-state index in [1.54, 1.807) is 0 Å². The van der Waals surface area contributed by atoms with E-state index >= 15 is 0 Å². The van der Waals surface area contributed by atoms with Crippen LogP contribution in [0.2, 0.25) is 0 Å². The Morgan fingerprint density at radius 2 is 2.25 bits per heavy atom. The first kappa shape index (κ1) is 11.5. The van der Waals surface area contributed by atoms with Crippen LogP contribution in [-0.4, -0.2) is 32.5 Å². The molecule has 72 valence electrons. The molecule has 7 nitrogen and oxygen atoms in total. The van der Waals surface area contributed by atoms with Gasteiger partial charge >= 0.3 is 17.3 Å². The Balaban J connectivity index is 3.31. The number of carboxylic acid groups (broad SMARTS) is 1. The molecule has 0 radical (unpaired) electrons. The van der Waals surface area contributed by atoms with Crippen LogP contribution in [0.5, 0.6) is 0 Å². The normalized spacial score (nSPS) is 15.5. The highest BCUT2D eigenvalue weighted by atomic mass is 32.2. The summed E-state index contributed by atoms with van der Waals surface area (Å²) in [6.07, 6.45) is 0.00648. The van der Waals surface area contributed by atoms with Gasteiger partial charge in [-0.15, -0.1) is 4.33 Å². The molecule has 0 saturated carbocycles. The zero-order valence-corrected chi connectivity index (χ0v) is 6.82. The van der Waals surface area contributed by atoms with Crippen molar-refractivity contribution < 1.29 is 27.9 Å². The number of hydrogen-bond donors (Lipinski definition) is 3. The third-order valence-corrected chi connectivity index (χ3v) is 1.15. The molecule has 0 heterocycles. The lowest BCUT2D eigenvalue weighted by molar-refractivity contribution is -0.203. The van der Waals surface area contributed by atoms with Crippen LogP contribution in [0.3, 0.4) is 0 Å². The predicted octanol–water partition coefficient (Wildman–Crippen LogP) is -1.13. The minimum Gasteiger partial charge on any atom is -0.480 e. The van der Waals surface area contributed by atoms with Crippen LogP contribution in [0.1, 0.15) is 6.42 Å². The quantitative estimate of drug-likeness (QED) is 0.214. The number of nitrogens with two attached hydrogens (primary N) is 1. The highest BCUT2D eigenvalue weighted by Crippen LogP contribution is 1.91. The molecule has 0 aromatic heterocycles. The van der Waals surface area contributed by atoms with Crippen LogP contribution >= 0.6 is 0 Å². The number of rotatable bonds is 6. The molecular weight excluding hydrogens is 190 g/mol. The summed E-state index contributed by atoms with van der Waals surface area (Å²) >= 11 is -2.50. The first-order chi connectivity index (χ1) is 5.54. The minimum atomic E-state index is -2.50. The van der Waals surface area contributed by atoms with Crippen molar-refractivity contribution >= 4 is 17.3 Å². The highest BCUT2D eigenvalue weighted by Gasteiger charge is 2.10. The monoisotopic (exact) mass is 199 g/mol. The Kier molecular flexibility index (Phi) is 5.76. The van der Waals surface area contributed by atoms with Gasteiger partial charge in [0.1, 0.15) is 6.04 Å². The van der Waals surface area contributed by atoms with Crippen molar-refractivity contribution in [3.05, 3.63) is 0 Å². The first-order valence-electron chi connectivity index (χ1n) is 2.93. The van der Waals surface area contributed by atoms with Crippen molar-refractivity contribution in [3.8, 4) is 0 Å². The van der Waals surface area contributed by atoms with E-state index in [4.69, 9.17) is 15.4 Å². The standard InChI is InChI=1S/C4H9NO6S/c5-3(4(6)7)1-2-10-11-12(8)9/h3H,1-2,5H2,(H,6,7)(H,8,9). The SMILES string of the molecule is NC(CCOOS(=O)O)C(=O)O. The van der Waals surface area contributed by atoms with Gasteiger partial charge in [-0.1, -0.05) is 0 Å². The number of carboxylic acids is 1. The van der Waals surface area contributed by atoms with Crippen molar-refractivity contribution in [1.29, 1.82) is 0 Å². The molecule has 0 aromatic carbocycles. The molecule has 0 aliphatic heterocycles. The third-order valence-electron chi connectivity index (χ3n) is 0.936. The Labute approximate surface area is 70.9 Å². The Morgan fingerprint density at radius 1 is 1.67 bits per heavy atom. The third kappa shape index (κ3) is 6.19. The second-order valence-corrected chi connectivity index (χ2v) is 2.41. The van der Waals surface area contributed by atoms with Crippen LogP contribution in [0.15, 0.2) is 0 Å². The fourth-order valence-electron chi connectivity index (χ4n) is 0.374. The molecule has 0 saturated heterocycles.